The van der Waals surface area contributed by atoms with Gasteiger partial charge in [0.2, 0.25) is 5.91 Å². The number of likely N-dealkylation sites (N-methyl/N-ethyl adjacent to an activating group) is 1. The summed E-state index contributed by atoms with van der Waals surface area (Å²) in [5.74, 6) is -0.930. The highest BCUT2D eigenvalue weighted by Gasteiger charge is 2.48. The summed E-state index contributed by atoms with van der Waals surface area (Å²) in [6, 6.07) is 7.43. The lowest BCUT2D eigenvalue weighted by atomic mass is 9.91. The normalized spacial score (nSPS) is 18.6. The number of carbonyl (C=O) groups is 3. The van der Waals surface area contributed by atoms with Crippen LogP contribution in [-0.4, -0.2) is 51.8 Å². The number of urea groups is 1. The van der Waals surface area contributed by atoms with E-state index in [2.05, 4.69) is 15.6 Å². The van der Waals surface area contributed by atoms with Crippen LogP contribution in [0, 0.1) is 5.92 Å². The fourth-order valence-electron chi connectivity index (χ4n) is 4.96. The smallest absolute Gasteiger partial charge is 0.349 e. The van der Waals surface area contributed by atoms with Gasteiger partial charge in [-0.15, -0.1) is 0 Å². The third-order valence-electron chi connectivity index (χ3n) is 6.69. The zero-order chi connectivity index (χ0) is 27.6. The molecule has 0 spiro atoms. The lowest BCUT2D eigenvalue weighted by molar-refractivity contribution is -0.139. The van der Waals surface area contributed by atoms with E-state index in [4.69, 9.17) is 0 Å². The molecule has 2 atom stereocenters. The monoisotopic (exact) mass is 529 g/mol. The molecule has 1 aromatic heterocycles. The van der Waals surface area contributed by atoms with Crippen LogP contribution in [0.5, 0.6) is 0 Å². The van der Waals surface area contributed by atoms with Gasteiger partial charge in [-0.1, -0.05) is 38.1 Å². The lowest BCUT2D eigenvalue weighted by Gasteiger charge is -2.33. The topological polar surface area (TPSA) is 94.6 Å². The Kier molecular flexibility index (Phi) is 7.75. The van der Waals surface area contributed by atoms with Crippen molar-refractivity contribution >= 4 is 17.8 Å². The van der Waals surface area contributed by atoms with Crippen LogP contribution in [0.4, 0.5) is 18.0 Å². The molecule has 0 saturated carbocycles. The van der Waals surface area contributed by atoms with Crippen LogP contribution in [0.3, 0.4) is 0 Å². The Balaban J connectivity index is 1.69. The van der Waals surface area contributed by atoms with Gasteiger partial charge in [-0.2, -0.15) is 13.2 Å². The van der Waals surface area contributed by atoms with Crippen LogP contribution in [-0.2, 0) is 22.3 Å². The van der Waals surface area contributed by atoms with Gasteiger partial charge in [-0.25, -0.2) is 4.79 Å². The van der Waals surface area contributed by atoms with E-state index in [1.165, 1.54) is 28.0 Å². The van der Waals surface area contributed by atoms with E-state index in [0.717, 1.165) is 6.07 Å². The number of aromatic nitrogens is 1. The number of benzene rings is 1. The van der Waals surface area contributed by atoms with Crippen LogP contribution in [0.25, 0.3) is 0 Å². The van der Waals surface area contributed by atoms with Crippen molar-refractivity contribution in [3.63, 3.8) is 0 Å². The van der Waals surface area contributed by atoms with Crippen LogP contribution in [0.2, 0.25) is 0 Å². The highest BCUT2D eigenvalue weighted by atomic mass is 19.4. The first-order valence-corrected chi connectivity index (χ1v) is 12.5. The number of rotatable bonds is 8. The molecule has 38 heavy (non-hydrogen) atoms. The molecule has 0 bridgehead atoms. The maximum Gasteiger partial charge on any atom is 0.416 e. The van der Waals surface area contributed by atoms with Gasteiger partial charge in [-0.05, 0) is 43.0 Å². The average Bonchev–Trinajstić information content (AvgIpc) is 3.22. The summed E-state index contributed by atoms with van der Waals surface area (Å²) in [6.45, 7) is 5.85. The summed E-state index contributed by atoms with van der Waals surface area (Å²) >= 11 is 0. The van der Waals surface area contributed by atoms with E-state index in [-0.39, 0.29) is 36.7 Å². The lowest BCUT2D eigenvalue weighted by Crippen LogP contribution is -2.49. The predicted molar refractivity (Wildman–Crippen MR) is 133 cm³/mol. The summed E-state index contributed by atoms with van der Waals surface area (Å²) in [7, 11) is 0. The second-order valence-electron chi connectivity index (χ2n) is 9.69. The molecule has 0 aliphatic carbocycles. The van der Waals surface area contributed by atoms with Gasteiger partial charge in [0, 0.05) is 12.7 Å². The Bertz CT molecular complexity index is 1250. The predicted octanol–water partition coefficient (Wildman–Crippen LogP) is 4.01. The van der Waals surface area contributed by atoms with Crippen LogP contribution < -0.4 is 10.6 Å². The first kappa shape index (κ1) is 27.2. The van der Waals surface area contributed by atoms with E-state index >= 15 is 0 Å². The summed E-state index contributed by atoms with van der Waals surface area (Å²) in [4.78, 5) is 47.1. The van der Waals surface area contributed by atoms with Gasteiger partial charge < -0.3 is 15.5 Å². The first-order valence-electron chi connectivity index (χ1n) is 12.5. The summed E-state index contributed by atoms with van der Waals surface area (Å²) in [5, 5.41) is 5.43. The van der Waals surface area contributed by atoms with Gasteiger partial charge in [0.15, 0.2) is 0 Å². The summed E-state index contributed by atoms with van der Waals surface area (Å²) < 4.78 is 41.6. The highest BCUT2D eigenvalue weighted by molar-refractivity contribution is 6.03. The Morgan fingerprint density at radius 1 is 1.16 bits per heavy atom. The quantitative estimate of drug-likeness (QED) is 0.540. The number of halogens is 3. The van der Waals surface area contributed by atoms with Crippen LogP contribution in [0.15, 0.2) is 59.9 Å². The number of carbonyl (C=O) groups excluding carboxylic acids is 3. The van der Waals surface area contributed by atoms with Crippen LogP contribution >= 0.6 is 0 Å². The van der Waals surface area contributed by atoms with Crippen molar-refractivity contribution < 1.29 is 27.6 Å². The van der Waals surface area contributed by atoms with E-state index in [9.17, 15) is 27.6 Å². The number of hydrogen-bond donors (Lipinski definition) is 2. The van der Waals surface area contributed by atoms with Crippen molar-refractivity contribution in [1.82, 2.24) is 25.4 Å². The molecule has 202 valence electrons. The molecule has 0 radical (unpaired) electrons. The van der Waals surface area contributed by atoms with Crippen molar-refractivity contribution in [2.45, 2.75) is 52.0 Å². The Labute approximate surface area is 218 Å². The SMILES string of the molecule is CCN1C(=O)N[C@@H](c2ccccc2C(F)(F)F)C2=C1CN([C@@H](CC(C)C)C(=O)NCc1ccccn1)C2=O. The first-order chi connectivity index (χ1) is 18.0. The van der Waals surface area contributed by atoms with Gasteiger partial charge in [0.05, 0.1) is 41.7 Å². The Morgan fingerprint density at radius 3 is 2.50 bits per heavy atom. The third-order valence-corrected chi connectivity index (χ3v) is 6.69. The second-order valence-corrected chi connectivity index (χ2v) is 9.69. The average molecular weight is 530 g/mol. The minimum Gasteiger partial charge on any atom is -0.349 e. The number of pyridine rings is 1. The number of amides is 4. The van der Waals surface area contributed by atoms with E-state index < -0.39 is 41.7 Å². The molecular weight excluding hydrogens is 499 g/mol. The third kappa shape index (κ3) is 5.36. The van der Waals surface area contributed by atoms with Crippen molar-refractivity contribution in [3.05, 3.63) is 76.8 Å². The largest absolute Gasteiger partial charge is 0.416 e. The Hall–Kier alpha value is -3.89. The molecule has 2 aromatic rings. The van der Waals surface area contributed by atoms with Gasteiger partial charge in [0.1, 0.15) is 6.04 Å². The molecule has 2 N–H and O–H groups in total. The molecule has 1 aromatic carbocycles. The van der Waals surface area contributed by atoms with Crippen molar-refractivity contribution in [3.8, 4) is 0 Å². The zero-order valence-electron chi connectivity index (χ0n) is 21.4. The molecule has 8 nitrogen and oxygen atoms in total. The molecule has 0 unspecified atom stereocenters. The van der Waals surface area contributed by atoms with E-state index in [0.29, 0.717) is 17.8 Å². The van der Waals surface area contributed by atoms with Crippen molar-refractivity contribution in [1.29, 1.82) is 0 Å². The highest BCUT2D eigenvalue weighted by Crippen LogP contribution is 2.42. The van der Waals surface area contributed by atoms with Gasteiger partial charge in [-0.3, -0.25) is 19.5 Å². The second kappa shape index (κ2) is 10.8. The molecule has 4 rings (SSSR count). The number of alkyl halides is 3. The van der Waals surface area contributed by atoms with Gasteiger partial charge >= 0.3 is 12.2 Å². The zero-order valence-corrected chi connectivity index (χ0v) is 21.4. The van der Waals surface area contributed by atoms with Crippen LogP contribution in [0.1, 0.15) is 50.1 Å². The van der Waals surface area contributed by atoms with Gasteiger partial charge in [0.25, 0.3) is 5.91 Å². The molecule has 3 heterocycles. The molecule has 2 aliphatic rings. The van der Waals surface area contributed by atoms with E-state index in [1.807, 2.05) is 13.8 Å². The maximum absolute atomic E-state index is 13.9. The summed E-state index contributed by atoms with van der Waals surface area (Å²) in [6.07, 6.45) is -2.74. The molecule has 4 amide bonds. The molecule has 11 heteroatoms. The molecular formula is C27H30F3N5O3. The van der Waals surface area contributed by atoms with Crippen molar-refractivity contribution in [2.75, 3.05) is 13.1 Å². The number of nitrogens with one attached hydrogen (secondary N) is 2. The molecule has 0 saturated heterocycles. The maximum atomic E-state index is 13.9. The minimum absolute atomic E-state index is 0.0369. The number of hydrogen-bond acceptors (Lipinski definition) is 4. The standard InChI is InChI=1S/C27H30F3N5O3/c1-4-34-21-15-35(20(13-16(2)3)24(36)32-14-17-9-7-8-12-31-17)25(37)22(21)23(33-26(34)38)18-10-5-6-11-19(18)27(28,29)30/h5-12,16,20,23H,4,13-15H2,1-3H3,(H,32,36)(H,33,38)/t20-,23-/m0/s1. The molecule has 0 fully saturated rings. The fraction of sp³-hybridized carbons (Fsp3) is 0.407. The molecule has 2 aliphatic heterocycles. The number of nitrogens with zero attached hydrogens (tertiary/aromatic N) is 3. The minimum atomic E-state index is -4.68. The Morgan fingerprint density at radius 2 is 1.87 bits per heavy atom. The van der Waals surface area contributed by atoms with E-state index in [1.54, 1.807) is 31.3 Å². The fourth-order valence-corrected chi connectivity index (χ4v) is 4.96. The van der Waals surface area contributed by atoms with Crippen molar-refractivity contribution in [2.24, 2.45) is 5.92 Å². The summed E-state index contributed by atoms with van der Waals surface area (Å²) in [5.41, 5.74) is -0.138.